The van der Waals surface area contributed by atoms with Crippen molar-refractivity contribution in [2.45, 2.75) is 13.0 Å². The van der Waals surface area contributed by atoms with E-state index in [2.05, 4.69) is 0 Å². The summed E-state index contributed by atoms with van der Waals surface area (Å²) in [5, 5.41) is 8.82. The Morgan fingerprint density at radius 3 is 2.12 bits per heavy atom. The van der Waals surface area contributed by atoms with Crippen LogP contribution in [0.2, 0.25) is 0 Å². The number of para-hydroxylation sites is 1. The molecule has 17 heavy (non-hydrogen) atoms. The fourth-order valence-corrected chi connectivity index (χ4v) is 1.61. The molecule has 2 aromatic carbocycles. The lowest BCUT2D eigenvalue weighted by Crippen LogP contribution is -1.96. The molecule has 88 valence electrons. The first-order valence-corrected chi connectivity index (χ1v) is 5.75. The lowest BCUT2D eigenvalue weighted by atomic mass is 10.1. The van der Waals surface area contributed by atoms with Crippen LogP contribution in [-0.2, 0) is 13.0 Å². The average molecular weight is 228 g/mol. The normalized spacial score (nSPS) is 10.2. The highest BCUT2D eigenvalue weighted by Gasteiger charge is 1.96. The molecule has 0 aromatic heterocycles. The van der Waals surface area contributed by atoms with Gasteiger partial charge in [-0.3, -0.25) is 0 Å². The van der Waals surface area contributed by atoms with Crippen LogP contribution in [0.5, 0.6) is 5.75 Å². The zero-order chi connectivity index (χ0) is 11.9. The summed E-state index contributed by atoms with van der Waals surface area (Å²) < 4.78 is 5.64. The lowest BCUT2D eigenvalue weighted by molar-refractivity contribution is 0.299. The van der Waals surface area contributed by atoms with Crippen molar-refractivity contribution in [2.75, 3.05) is 6.61 Å². The number of hydrogen-bond donors (Lipinski definition) is 1. The number of rotatable bonds is 5. The molecule has 0 atom stereocenters. The third-order valence-electron chi connectivity index (χ3n) is 2.57. The number of hydrogen-bond acceptors (Lipinski definition) is 2. The molecule has 0 aliphatic heterocycles. The Labute approximate surface area is 101 Å². The highest BCUT2D eigenvalue weighted by Crippen LogP contribution is 2.12. The van der Waals surface area contributed by atoms with E-state index in [1.165, 1.54) is 0 Å². The highest BCUT2D eigenvalue weighted by atomic mass is 16.5. The first kappa shape index (κ1) is 11.7. The third-order valence-corrected chi connectivity index (χ3v) is 2.57. The molecule has 2 heteroatoms. The number of benzene rings is 2. The molecule has 0 amide bonds. The largest absolute Gasteiger partial charge is 0.489 e. The lowest BCUT2D eigenvalue weighted by Gasteiger charge is -2.06. The Kier molecular flexibility index (Phi) is 4.17. The fourth-order valence-electron chi connectivity index (χ4n) is 1.61. The van der Waals surface area contributed by atoms with E-state index in [0.29, 0.717) is 13.0 Å². The van der Waals surface area contributed by atoms with Gasteiger partial charge in [0.1, 0.15) is 12.4 Å². The summed E-state index contributed by atoms with van der Waals surface area (Å²) in [6.07, 6.45) is 0.708. The molecule has 2 nitrogen and oxygen atoms in total. The van der Waals surface area contributed by atoms with E-state index in [9.17, 15) is 0 Å². The van der Waals surface area contributed by atoms with Crippen LogP contribution >= 0.6 is 0 Å². The van der Waals surface area contributed by atoms with Crippen molar-refractivity contribution >= 4 is 0 Å². The Balaban J connectivity index is 1.91. The fraction of sp³-hybridized carbons (Fsp3) is 0.200. The van der Waals surface area contributed by atoms with Crippen molar-refractivity contribution in [3.8, 4) is 5.75 Å². The molecule has 0 saturated heterocycles. The molecule has 0 fully saturated rings. The van der Waals surface area contributed by atoms with E-state index in [0.717, 1.165) is 16.9 Å². The number of aliphatic hydroxyl groups is 1. The summed E-state index contributed by atoms with van der Waals surface area (Å²) >= 11 is 0. The summed E-state index contributed by atoms with van der Waals surface area (Å²) in [4.78, 5) is 0. The van der Waals surface area contributed by atoms with Crippen molar-refractivity contribution in [3.63, 3.8) is 0 Å². The van der Waals surface area contributed by atoms with Gasteiger partial charge >= 0.3 is 0 Å². The molecular weight excluding hydrogens is 212 g/mol. The zero-order valence-corrected chi connectivity index (χ0v) is 9.67. The zero-order valence-electron chi connectivity index (χ0n) is 9.67. The molecule has 0 spiro atoms. The molecule has 1 N–H and O–H groups in total. The number of aliphatic hydroxyl groups excluding tert-OH is 1. The molecule has 0 aliphatic carbocycles. The van der Waals surface area contributed by atoms with Gasteiger partial charge in [-0.05, 0) is 29.7 Å². The van der Waals surface area contributed by atoms with Gasteiger partial charge in [-0.25, -0.2) is 0 Å². The van der Waals surface area contributed by atoms with Crippen LogP contribution in [0.4, 0.5) is 0 Å². The molecule has 0 radical (unpaired) electrons. The van der Waals surface area contributed by atoms with Gasteiger partial charge in [0.2, 0.25) is 0 Å². The van der Waals surface area contributed by atoms with E-state index < -0.39 is 0 Å². The van der Waals surface area contributed by atoms with Crippen molar-refractivity contribution in [3.05, 3.63) is 65.7 Å². The van der Waals surface area contributed by atoms with Crippen LogP contribution in [0.1, 0.15) is 11.1 Å². The van der Waals surface area contributed by atoms with Crippen LogP contribution in [0.3, 0.4) is 0 Å². The molecule has 0 bridgehead atoms. The van der Waals surface area contributed by atoms with Gasteiger partial charge in [-0.15, -0.1) is 0 Å². The average Bonchev–Trinajstić information content (AvgIpc) is 2.40. The van der Waals surface area contributed by atoms with Crippen LogP contribution < -0.4 is 4.74 Å². The van der Waals surface area contributed by atoms with Crippen LogP contribution in [0.15, 0.2) is 54.6 Å². The van der Waals surface area contributed by atoms with Gasteiger partial charge in [-0.1, -0.05) is 42.5 Å². The van der Waals surface area contributed by atoms with E-state index in [-0.39, 0.29) is 6.61 Å². The van der Waals surface area contributed by atoms with Crippen molar-refractivity contribution in [2.24, 2.45) is 0 Å². The first-order valence-electron chi connectivity index (χ1n) is 5.75. The van der Waals surface area contributed by atoms with Crippen LogP contribution in [-0.4, -0.2) is 11.7 Å². The Morgan fingerprint density at radius 1 is 0.824 bits per heavy atom. The Bertz CT molecular complexity index is 434. The summed E-state index contributed by atoms with van der Waals surface area (Å²) in [6.45, 7) is 0.767. The molecule has 0 aliphatic rings. The first-order chi connectivity index (χ1) is 8.38. The second-order valence-electron chi connectivity index (χ2n) is 3.89. The molecule has 2 rings (SSSR count). The van der Waals surface area contributed by atoms with Gasteiger partial charge in [0.25, 0.3) is 0 Å². The summed E-state index contributed by atoms with van der Waals surface area (Å²) in [7, 11) is 0. The van der Waals surface area contributed by atoms with Gasteiger partial charge in [-0.2, -0.15) is 0 Å². The maximum Gasteiger partial charge on any atom is 0.119 e. The standard InChI is InChI=1S/C15H16O2/c16-11-10-13-6-8-14(9-7-13)12-17-15-4-2-1-3-5-15/h1-9,16H,10-12H2. The van der Waals surface area contributed by atoms with E-state index >= 15 is 0 Å². The molecule has 0 heterocycles. The monoisotopic (exact) mass is 228 g/mol. The second-order valence-corrected chi connectivity index (χ2v) is 3.89. The minimum Gasteiger partial charge on any atom is -0.489 e. The Hall–Kier alpha value is -1.80. The van der Waals surface area contributed by atoms with Gasteiger partial charge in [0.05, 0.1) is 0 Å². The third kappa shape index (κ3) is 3.61. The Morgan fingerprint density at radius 2 is 1.47 bits per heavy atom. The predicted molar refractivity (Wildman–Crippen MR) is 68.0 cm³/mol. The van der Waals surface area contributed by atoms with E-state index in [1.54, 1.807) is 0 Å². The van der Waals surface area contributed by atoms with Crippen LogP contribution in [0.25, 0.3) is 0 Å². The predicted octanol–water partition coefficient (Wildman–Crippen LogP) is 2.80. The van der Waals surface area contributed by atoms with Gasteiger partial charge in [0.15, 0.2) is 0 Å². The highest BCUT2D eigenvalue weighted by molar-refractivity contribution is 5.24. The quantitative estimate of drug-likeness (QED) is 0.852. The van der Waals surface area contributed by atoms with Gasteiger partial charge < -0.3 is 9.84 Å². The van der Waals surface area contributed by atoms with Crippen molar-refractivity contribution in [1.29, 1.82) is 0 Å². The minimum atomic E-state index is 0.194. The summed E-state index contributed by atoms with van der Waals surface area (Å²) in [5.41, 5.74) is 2.28. The SMILES string of the molecule is OCCc1ccc(COc2ccccc2)cc1. The smallest absolute Gasteiger partial charge is 0.119 e. The maximum absolute atomic E-state index is 8.82. The van der Waals surface area contributed by atoms with Gasteiger partial charge in [0, 0.05) is 6.61 Å². The van der Waals surface area contributed by atoms with E-state index in [4.69, 9.17) is 9.84 Å². The second kappa shape index (κ2) is 6.06. The van der Waals surface area contributed by atoms with Crippen LogP contribution in [0, 0.1) is 0 Å². The molecule has 2 aromatic rings. The summed E-state index contributed by atoms with van der Waals surface area (Å²) in [6, 6.07) is 17.9. The van der Waals surface area contributed by atoms with Crippen molar-refractivity contribution < 1.29 is 9.84 Å². The topological polar surface area (TPSA) is 29.5 Å². The minimum absolute atomic E-state index is 0.194. The molecule has 0 unspecified atom stereocenters. The molecular formula is C15H16O2. The van der Waals surface area contributed by atoms with E-state index in [1.807, 2.05) is 54.6 Å². The summed E-state index contributed by atoms with van der Waals surface area (Å²) in [5.74, 6) is 0.881. The maximum atomic E-state index is 8.82. The van der Waals surface area contributed by atoms with Crippen molar-refractivity contribution in [1.82, 2.24) is 0 Å². The number of ether oxygens (including phenoxy) is 1. The molecule has 0 saturated carbocycles.